The molecule has 0 bridgehead atoms. The first-order valence-corrected chi connectivity index (χ1v) is 2.78. The summed E-state index contributed by atoms with van der Waals surface area (Å²) in [5.74, 6) is 0.0486. The summed E-state index contributed by atoms with van der Waals surface area (Å²) in [5.41, 5.74) is 0. The molecule has 0 spiro atoms. The molecule has 0 aromatic rings. The fourth-order valence-electron chi connectivity index (χ4n) is 0.339. The van der Waals surface area contributed by atoms with Crippen molar-refractivity contribution >= 4 is 6.29 Å². The molecule has 0 saturated heterocycles. The van der Waals surface area contributed by atoms with Crippen LogP contribution in [0, 0.1) is 5.92 Å². The Balaban J connectivity index is 3.44. The Hall–Kier alpha value is -0.370. The van der Waals surface area contributed by atoms with Gasteiger partial charge in [0.25, 0.3) is 0 Å². The summed E-state index contributed by atoms with van der Waals surface area (Å²) in [6.45, 7) is 3.74. The van der Waals surface area contributed by atoms with Crippen molar-refractivity contribution < 1.29 is 9.90 Å². The lowest BCUT2D eigenvalue weighted by molar-refractivity contribution is 0.173. The van der Waals surface area contributed by atoms with Gasteiger partial charge in [-0.05, 0) is 5.92 Å². The van der Waals surface area contributed by atoms with E-state index in [0.717, 1.165) is 6.42 Å². The minimum Gasteiger partial charge on any atom is -0.385 e. The van der Waals surface area contributed by atoms with Gasteiger partial charge in [-0.2, -0.15) is 0 Å². The van der Waals surface area contributed by atoms with Crippen LogP contribution in [0.2, 0.25) is 0 Å². The van der Waals surface area contributed by atoms with Crippen LogP contribution in [0.5, 0.6) is 0 Å². The lowest BCUT2D eigenvalue weighted by Gasteiger charge is -2.07. The molecule has 1 radical (unpaired) electrons. The van der Waals surface area contributed by atoms with Crippen LogP contribution in [-0.2, 0) is 4.79 Å². The van der Waals surface area contributed by atoms with Crippen molar-refractivity contribution in [3.63, 3.8) is 0 Å². The predicted molar refractivity (Wildman–Crippen MR) is 31.2 cm³/mol. The Kier molecular flexibility index (Phi) is 3.44. The van der Waals surface area contributed by atoms with Crippen LogP contribution in [0.15, 0.2) is 0 Å². The topological polar surface area (TPSA) is 37.3 Å². The van der Waals surface area contributed by atoms with Crippen LogP contribution in [0.3, 0.4) is 0 Å². The van der Waals surface area contributed by atoms with Crippen LogP contribution in [-0.4, -0.2) is 17.5 Å². The second-order valence-electron chi connectivity index (χ2n) is 1.95. The first-order chi connectivity index (χ1) is 3.72. The molecule has 47 valence electrons. The summed E-state index contributed by atoms with van der Waals surface area (Å²) in [4.78, 5) is 9.73. The monoisotopic (exact) mass is 115 g/mol. The average molecular weight is 115 g/mol. The summed E-state index contributed by atoms with van der Waals surface area (Å²) in [6, 6.07) is 0. The minimum absolute atomic E-state index is 0.0486. The van der Waals surface area contributed by atoms with Gasteiger partial charge >= 0.3 is 0 Å². The predicted octanol–water partition coefficient (Wildman–Crippen LogP) is 0.503. The summed E-state index contributed by atoms with van der Waals surface area (Å²) < 4.78 is 0. The Morgan fingerprint density at radius 1 is 1.75 bits per heavy atom. The van der Waals surface area contributed by atoms with Crippen molar-refractivity contribution in [3.8, 4) is 0 Å². The van der Waals surface area contributed by atoms with E-state index >= 15 is 0 Å². The quantitative estimate of drug-likeness (QED) is 0.581. The molecule has 0 aromatic carbocycles. The van der Waals surface area contributed by atoms with Crippen molar-refractivity contribution in [2.45, 2.75) is 26.4 Å². The molecule has 2 nitrogen and oxygen atoms in total. The Morgan fingerprint density at radius 2 is 2.25 bits per heavy atom. The van der Waals surface area contributed by atoms with Gasteiger partial charge in [-0.15, -0.1) is 0 Å². The van der Waals surface area contributed by atoms with Gasteiger partial charge in [0.1, 0.15) is 6.10 Å². The molecule has 0 aliphatic carbocycles. The average Bonchev–Trinajstić information content (AvgIpc) is 1.84. The smallest absolute Gasteiger partial charge is 0.229 e. The van der Waals surface area contributed by atoms with Crippen LogP contribution in [0.25, 0.3) is 0 Å². The number of hydrogen-bond donors (Lipinski definition) is 1. The van der Waals surface area contributed by atoms with Gasteiger partial charge in [-0.1, -0.05) is 20.3 Å². The highest BCUT2D eigenvalue weighted by Gasteiger charge is 2.09. The maximum absolute atomic E-state index is 9.73. The third-order valence-electron chi connectivity index (χ3n) is 1.30. The van der Waals surface area contributed by atoms with E-state index in [-0.39, 0.29) is 5.92 Å². The summed E-state index contributed by atoms with van der Waals surface area (Å²) in [5, 5.41) is 8.70. The fraction of sp³-hybridized carbons (Fsp3) is 0.833. The molecular weight excluding hydrogens is 104 g/mol. The number of hydrogen-bond acceptors (Lipinski definition) is 2. The third-order valence-corrected chi connectivity index (χ3v) is 1.30. The maximum atomic E-state index is 9.73. The molecule has 0 aromatic heterocycles. The molecule has 0 aliphatic heterocycles. The molecule has 0 fully saturated rings. The Labute approximate surface area is 49.5 Å². The SMILES string of the molecule is CCC(C)C(O)[C]=O. The lowest BCUT2D eigenvalue weighted by atomic mass is 10.0. The second kappa shape index (κ2) is 3.61. The van der Waals surface area contributed by atoms with Gasteiger partial charge in [0, 0.05) is 0 Å². The number of aliphatic hydroxyl groups excluding tert-OH is 1. The van der Waals surface area contributed by atoms with E-state index in [0.29, 0.717) is 0 Å². The zero-order chi connectivity index (χ0) is 6.57. The van der Waals surface area contributed by atoms with E-state index < -0.39 is 6.10 Å². The Morgan fingerprint density at radius 3 is 2.38 bits per heavy atom. The molecule has 2 unspecified atom stereocenters. The van der Waals surface area contributed by atoms with E-state index in [1.807, 2.05) is 13.8 Å². The fourth-order valence-corrected chi connectivity index (χ4v) is 0.339. The van der Waals surface area contributed by atoms with E-state index in [1.165, 1.54) is 6.29 Å². The molecule has 0 saturated carbocycles. The summed E-state index contributed by atoms with van der Waals surface area (Å²) in [7, 11) is 0. The molecule has 0 amide bonds. The standard InChI is InChI=1S/C6H11O2/c1-3-5(2)6(8)4-7/h5-6,8H,3H2,1-2H3. The van der Waals surface area contributed by atoms with E-state index in [4.69, 9.17) is 5.11 Å². The largest absolute Gasteiger partial charge is 0.385 e. The molecule has 0 heterocycles. The first kappa shape index (κ1) is 7.63. The zero-order valence-corrected chi connectivity index (χ0v) is 5.22. The van der Waals surface area contributed by atoms with Crippen molar-refractivity contribution in [2.75, 3.05) is 0 Å². The Bertz CT molecular complexity index is 70.9. The normalized spacial score (nSPS) is 17.4. The minimum atomic E-state index is -0.889. The van der Waals surface area contributed by atoms with Crippen molar-refractivity contribution in [1.82, 2.24) is 0 Å². The number of carbonyl (C=O) groups excluding carboxylic acids is 1. The number of rotatable bonds is 3. The lowest BCUT2D eigenvalue weighted by Crippen LogP contribution is -2.17. The van der Waals surface area contributed by atoms with Crippen LogP contribution < -0.4 is 0 Å². The molecular formula is C6H11O2. The van der Waals surface area contributed by atoms with E-state index in [2.05, 4.69) is 0 Å². The third kappa shape index (κ3) is 2.07. The molecule has 2 heteroatoms. The van der Waals surface area contributed by atoms with Gasteiger partial charge in [-0.3, -0.25) is 4.79 Å². The highest BCUT2D eigenvalue weighted by molar-refractivity contribution is 5.56. The van der Waals surface area contributed by atoms with Gasteiger partial charge in [0.15, 0.2) is 0 Å². The van der Waals surface area contributed by atoms with E-state index in [1.54, 1.807) is 0 Å². The van der Waals surface area contributed by atoms with Crippen LogP contribution in [0.4, 0.5) is 0 Å². The second-order valence-corrected chi connectivity index (χ2v) is 1.95. The highest BCUT2D eigenvalue weighted by Crippen LogP contribution is 2.03. The summed E-state index contributed by atoms with van der Waals surface area (Å²) in [6.07, 6.45) is 1.45. The summed E-state index contributed by atoms with van der Waals surface area (Å²) >= 11 is 0. The maximum Gasteiger partial charge on any atom is 0.229 e. The first-order valence-electron chi connectivity index (χ1n) is 2.78. The van der Waals surface area contributed by atoms with Crippen molar-refractivity contribution in [3.05, 3.63) is 0 Å². The van der Waals surface area contributed by atoms with Crippen LogP contribution >= 0.6 is 0 Å². The van der Waals surface area contributed by atoms with Gasteiger partial charge in [-0.25, -0.2) is 0 Å². The molecule has 8 heavy (non-hydrogen) atoms. The molecule has 0 aliphatic rings. The van der Waals surface area contributed by atoms with Crippen molar-refractivity contribution in [1.29, 1.82) is 0 Å². The zero-order valence-electron chi connectivity index (χ0n) is 5.22. The number of aliphatic hydroxyl groups is 1. The van der Waals surface area contributed by atoms with Gasteiger partial charge in [0.05, 0.1) is 0 Å². The molecule has 1 N–H and O–H groups in total. The van der Waals surface area contributed by atoms with E-state index in [9.17, 15) is 4.79 Å². The highest BCUT2D eigenvalue weighted by atomic mass is 16.3. The molecule has 2 atom stereocenters. The van der Waals surface area contributed by atoms with Gasteiger partial charge in [0.2, 0.25) is 6.29 Å². The van der Waals surface area contributed by atoms with Crippen molar-refractivity contribution in [2.24, 2.45) is 5.92 Å². The van der Waals surface area contributed by atoms with Crippen LogP contribution in [0.1, 0.15) is 20.3 Å². The van der Waals surface area contributed by atoms with Gasteiger partial charge < -0.3 is 5.11 Å². The molecule has 0 rings (SSSR count).